The number of anilines is 3. The van der Waals surface area contributed by atoms with Gasteiger partial charge in [0.25, 0.3) is 0 Å². The Kier molecular flexibility index (Phi) is 7.37. The lowest BCUT2D eigenvalue weighted by Crippen LogP contribution is -2.45. The number of fused-ring (bicyclic) bond motifs is 1. The number of nitrogens with zero attached hydrogens (tertiary/aromatic N) is 4. The molecule has 35 heavy (non-hydrogen) atoms. The van der Waals surface area contributed by atoms with Crippen molar-refractivity contribution in [2.45, 2.75) is 64.2 Å². The fourth-order valence-electron chi connectivity index (χ4n) is 4.92. The van der Waals surface area contributed by atoms with E-state index in [0.717, 1.165) is 48.5 Å². The van der Waals surface area contributed by atoms with Gasteiger partial charge in [0, 0.05) is 24.7 Å². The van der Waals surface area contributed by atoms with Crippen LogP contribution in [0.5, 0.6) is 0 Å². The molecule has 0 radical (unpaired) electrons. The van der Waals surface area contributed by atoms with Gasteiger partial charge < -0.3 is 20.4 Å². The van der Waals surface area contributed by atoms with E-state index in [9.17, 15) is 0 Å². The summed E-state index contributed by atoms with van der Waals surface area (Å²) in [6.45, 7) is 6.72. The summed E-state index contributed by atoms with van der Waals surface area (Å²) in [5.74, 6) is 7.73. The highest BCUT2D eigenvalue weighted by Crippen LogP contribution is 2.28. The van der Waals surface area contributed by atoms with Crippen molar-refractivity contribution in [2.75, 3.05) is 30.3 Å². The number of hydrogen-bond donors (Lipinski definition) is 3. The first-order valence-electron chi connectivity index (χ1n) is 12.4. The van der Waals surface area contributed by atoms with E-state index in [1.165, 1.54) is 19.3 Å². The lowest BCUT2D eigenvalue weighted by Gasteiger charge is -2.34. The first kappa shape index (κ1) is 23.9. The smallest absolute Gasteiger partial charge is 0.231 e. The Labute approximate surface area is 211 Å². The maximum absolute atomic E-state index is 6.59. The highest BCUT2D eigenvalue weighted by molar-refractivity contribution is 6.33. The van der Waals surface area contributed by atoms with Gasteiger partial charge in [-0.2, -0.15) is 9.97 Å². The molecule has 2 aromatic heterocycles. The normalized spacial score (nSPS) is 21.5. The van der Waals surface area contributed by atoms with Gasteiger partial charge in [-0.1, -0.05) is 42.7 Å². The molecule has 3 N–H and O–H groups in total. The molecule has 3 aromatic rings. The molecule has 2 fully saturated rings. The van der Waals surface area contributed by atoms with E-state index in [1.54, 1.807) is 6.33 Å². The standard InChI is InChI=1S/C26H32ClN7O/c1-17-14-34(15-18(2)35-17)12-6-7-19-10-11-22(21(27)13-19)31-26-32-24-23(28-16-29-24)25(33-26)30-20-8-4-3-5-9-20/h10-11,13,16-18,20H,3-5,8-9,12,14-15H2,1-2H3,(H3,28,29,30,31,32,33). The van der Waals surface area contributed by atoms with Crippen molar-refractivity contribution >= 4 is 40.2 Å². The van der Waals surface area contributed by atoms with E-state index in [0.29, 0.717) is 29.2 Å². The van der Waals surface area contributed by atoms with Crippen LogP contribution >= 0.6 is 11.6 Å². The summed E-state index contributed by atoms with van der Waals surface area (Å²) >= 11 is 6.59. The SMILES string of the molecule is CC1CN(CC#Cc2ccc(Nc3nc(NC4CCCCC4)c4[nH]cnc4n3)c(Cl)c2)CC(C)O1. The van der Waals surface area contributed by atoms with E-state index in [4.69, 9.17) is 21.3 Å². The second-order valence-corrected chi connectivity index (χ2v) is 9.96. The fraction of sp³-hybridized carbons (Fsp3) is 0.500. The average Bonchev–Trinajstić information content (AvgIpc) is 3.30. The Morgan fingerprint density at radius 1 is 1.14 bits per heavy atom. The summed E-state index contributed by atoms with van der Waals surface area (Å²) in [7, 11) is 0. The number of hydrogen-bond acceptors (Lipinski definition) is 7. The number of morpholine rings is 1. The Balaban J connectivity index is 1.28. The minimum atomic E-state index is 0.238. The fourth-order valence-corrected chi connectivity index (χ4v) is 5.14. The zero-order valence-corrected chi connectivity index (χ0v) is 21.0. The van der Waals surface area contributed by atoms with Crippen molar-refractivity contribution in [3.8, 4) is 11.8 Å². The lowest BCUT2D eigenvalue weighted by atomic mass is 9.95. The van der Waals surface area contributed by atoms with Crippen molar-refractivity contribution in [2.24, 2.45) is 0 Å². The predicted molar refractivity (Wildman–Crippen MR) is 140 cm³/mol. The zero-order chi connectivity index (χ0) is 24.2. The van der Waals surface area contributed by atoms with Gasteiger partial charge in [-0.15, -0.1) is 0 Å². The Bertz CT molecular complexity index is 1220. The number of ether oxygens (including phenoxy) is 1. The largest absolute Gasteiger partial charge is 0.373 e. The van der Waals surface area contributed by atoms with E-state index in [1.807, 2.05) is 18.2 Å². The van der Waals surface area contributed by atoms with Gasteiger partial charge in [-0.3, -0.25) is 4.90 Å². The zero-order valence-electron chi connectivity index (χ0n) is 20.3. The Morgan fingerprint density at radius 3 is 2.71 bits per heavy atom. The number of benzene rings is 1. The monoisotopic (exact) mass is 493 g/mol. The summed E-state index contributed by atoms with van der Waals surface area (Å²) in [6, 6.07) is 6.16. The van der Waals surface area contributed by atoms with Gasteiger partial charge in [-0.05, 0) is 44.9 Å². The summed E-state index contributed by atoms with van der Waals surface area (Å²) in [5.41, 5.74) is 3.04. The molecule has 2 unspecified atom stereocenters. The van der Waals surface area contributed by atoms with Gasteiger partial charge in [0.15, 0.2) is 11.5 Å². The second-order valence-electron chi connectivity index (χ2n) is 9.55. The van der Waals surface area contributed by atoms with Gasteiger partial charge >= 0.3 is 0 Å². The topological polar surface area (TPSA) is 91.0 Å². The van der Waals surface area contributed by atoms with Crippen molar-refractivity contribution in [1.82, 2.24) is 24.8 Å². The molecule has 1 aliphatic carbocycles. The molecule has 8 nitrogen and oxygen atoms in total. The summed E-state index contributed by atoms with van der Waals surface area (Å²) in [4.78, 5) is 19.1. The van der Waals surface area contributed by atoms with E-state index >= 15 is 0 Å². The van der Waals surface area contributed by atoms with Crippen molar-refractivity contribution in [3.63, 3.8) is 0 Å². The second kappa shape index (κ2) is 10.8. The number of rotatable bonds is 5. The molecular formula is C26H32ClN7O. The summed E-state index contributed by atoms with van der Waals surface area (Å²) in [6.07, 6.45) is 8.22. The third kappa shape index (κ3) is 6.04. The molecular weight excluding hydrogens is 462 g/mol. The van der Waals surface area contributed by atoms with Crippen LogP contribution in [0, 0.1) is 11.8 Å². The molecule has 0 spiro atoms. The van der Waals surface area contributed by atoms with Crippen LogP contribution in [-0.2, 0) is 4.74 Å². The number of aromatic amines is 1. The van der Waals surface area contributed by atoms with E-state index in [-0.39, 0.29) is 12.2 Å². The molecule has 1 aliphatic heterocycles. The highest BCUT2D eigenvalue weighted by atomic mass is 35.5. The first-order chi connectivity index (χ1) is 17.0. The van der Waals surface area contributed by atoms with Crippen LogP contribution in [0.4, 0.5) is 17.5 Å². The van der Waals surface area contributed by atoms with Crippen LogP contribution in [0.3, 0.4) is 0 Å². The van der Waals surface area contributed by atoms with Gasteiger partial charge in [-0.25, -0.2) is 4.98 Å². The third-order valence-corrected chi connectivity index (χ3v) is 6.79. The molecule has 9 heteroatoms. The Morgan fingerprint density at radius 2 is 1.94 bits per heavy atom. The van der Waals surface area contributed by atoms with Crippen LogP contribution in [0.2, 0.25) is 5.02 Å². The number of halogens is 1. The van der Waals surface area contributed by atoms with E-state index in [2.05, 4.69) is 56.2 Å². The number of imidazole rings is 1. The lowest BCUT2D eigenvalue weighted by molar-refractivity contribution is -0.0640. The molecule has 2 aliphatic rings. The van der Waals surface area contributed by atoms with Crippen LogP contribution in [0.1, 0.15) is 51.5 Å². The molecule has 5 rings (SSSR count). The molecule has 2 atom stereocenters. The van der Waals surface area contributed by atoms with Gasteiger partial charge in [0.1, 0.15) is 5.52 Å². The van der Waals surface area contributed by atoms with Crippen molar-refractivity contribution in [3.05, 3.63) is 35.1 Å². The van der Waals surface area contributed by atoms with Gasteiger partial charge in [0.05, 0.1) is 35.8 Å². The third-order valence-electron chi connectivity index (χ3n) is 6.48. The van der Waals surface area contributed by atoms with Crippen molar-refractivity contribution in [1.29, 1.82) is 0 Å². The number of H-pyrrole nitrogens is 1. The number of aromatic nitrogens is 4. The van der Waals surface area contributed by atoms with Gasteiger partial charge in [0.2, 0.25) is 5.95 Å². The predicted octanol–water partition coefficient (Wildman–Crippen LogP) is 4.96. The molecule has 1 aromatic carbocycles. The minimum Gasteiger partial charge on any atom is -0.373 e. The highest BCUT2D eigenvalue weighted by Gasteiger charge is 2.21. The average molecular weight is 494 g/mol. The molecule has 184 valence electrons. The molecule has 0 bridgehead atoms. The van der Waals surface area contributed by atoms with Crippen LogP contribution in [-0.4, -0.2) is 62.7 Å². The van der Waals surface area contributed by atoms with Crippen molar-refractivity contribution < 1.29 is 4.74 Å². The minimum absolute atomic E-state index is 0.238. The summed E-state index contributed by atoms with van der Waals surface area (Å²) < 4.78 is 5.79. The molecule has 3 heterocycles. The molecule has 1 saturated heterocycles. The van der Waals surface area contributed by atoms with Crippen LogP contribution < -0.4 is 10.6 Å². The summed E-state index contributed by atoms with van der Waals surface area (Å²) in [5, 5.41) is 7.42. The van der Waals surface area contributed by atoms with Crippen LogP contribution in [0.15, 0.2) is 24.5 Å². The van der Waals surface area contributed by atoms with E-state index < -0.39 is 0 Å². The molecule has 0 amide bonds. The molecule has 1 saturated carbocycles. The maximum Gasteiger partial charge on any atom is 0.231 e. The maximum atomic E-state index is 6.59. The quantitative estimate of drug-likeness (QED) is 0.433. The Hall–Kier alpha value is -2.86. The van der Waals surface area contributed by atoms with Crippen LogP contribution in [0.25, 0.3) is 11.2 Å². The number of nitrogens with one attached hydrogen (secondary N) is 3. The first-order valence-corrected chi connectivity index (χ1v) is 12.8.